The summed E-state index contributed by atoms with van der Waals surface area (Å²) in [6, 6.07) is 11.8. The first-order chi connectivity index (χ1) is 14.3. The summed E-state index contributed by atoms with van der Waals surface area (Å²) in [5.74, 6) is -0.326. The number of benzene rings is 2. The molecule has 2 aromatic carbocycles. The summed E-state index contributed by atoms with van der Waals surface area (Å²) in [5.41, 5.74) is 2.43. The second kappa shape index (κ2) is 12.0. The molecule has 1 N–H and O–H groups in total. The predicted molar refractivity (Wildman–Crippen MR) is 122 cm³/mol. The van der Waals surface area contributed by atoms with Crippen molar-refractivity contribution in [2.45, 2.75) is 45.5 Å². The topological polar surface area (TPSA) is 49.4 Å². The predicted octanol–water partition coefficient (Wildman–Crippen LogP) is 4.96. The Morgan fingerprint density at radius 3 is 2.63 bits per heavy atom. The highest BCUT2D eigenvalue weighted by molar-refractivity contribution is 7.99. The first kappa shape index (κ1) is 24.2. The lowest BCUT2D eigenvalue weighted by Gasteiger charge is -2.29. The molecule has 0 unspecified atom stereocenters. The van der Waals surface area contributed by atoms with Crippen molar-refractivity contribution in [2.24, 2.45) is 0 Å². The molecule has 0 aliphatic rings. The molecule has 0 spiro atoms. The van der Waals surface area contributed by atoms with Gasteiger partial charge in [-0.05, 0) is 38.0 Å². The summed E-state index contributed by atoms with van der Waals surface area (Å²) in [6.45, 7) is 6.60. The van der Waals surface area contributed by atoms with Gasteiger partial charge in [-0.1, -0.05) is 54.4 Å². The molecule has 7 heteroatoms. The molecular weight excluding hydrogens is 423 g/mol. The molecule has 2 aromatic rings. The SMILES string of the molecule is CCCNC(=O)[C@@H](C)N(Cc1cccc(C)c1)C(=O)CSCc1c(F)cccc1Cl. The zero-order valence-electron chi connectivity index (χ0n) is 17.6. The second-order valence-corrected chi connectivity index (χ2v) is 8.56. The normalized spacial score (nSPS) is 11.8. The lowest BCUT2D eigenvalue weighted by Crippen LogP contribution is -2.48. The third-order valence-electron chi connectivity index (χ3n) is 4.69. The van der Waals surface area contributed by atoms with Crippen LogP contribution < -0.4 is 5.32 Å². The van der Waals surface area contributed by atoms with E-state index >= 15 is 0 Å². The molecular formula is C23H28ClFN2O2S. The van der Waals surface area contributed by atoms with Gasteiger partial charge in [-0.3, -0.25) is 9.59 Å². The molecule has 0 aliphatic carbocycles. The van der Waals surface area contributed by atoms with Crippen LogP contribution in [0.25, 0.3) is 0 Å². The van der Waals surface area contributed by atoms with E-state index in [1.807, 2.05) is 38.1 Å². The minimum atomic E-state index is -0.609. The number of halogens is 2. The van der Waals surface area contributed by atoms with Crippen molar-refractivity contribution in [3.63, 3.8) is 0 Å². The molecule has 0 saturated heterocycles. The molecule has 162 valence electrons. The number of hydrogen-bond donors (Lipinski definition) is 1. The number of nitrogens with one attached hydrogen (secondary N) is 1. The third kappa shape index (κ3) is 7.03. The van der Waals surface area contributed by atoms with Crippen LogP contribution in [-0.4, -0.2) is 35.1 Å². The third-order valence-corrected chi connectivity index (χ3v) is 5.98. The Kier molecular flexibility index (Phi) is 9.66. The van der Waals surface area contributed by atoms with Crippen molar-refractivity contribution >= 4 is 35.2 Å². The highest BCUT2D eigenvalue weighted by Crippen LogP contribution is 2.24. The monoisotopic (exact) mass is 450 g/mol. The van der Waals surface area contributed by atoms with Gasteiger partial charge < -0.3 is 10.2 Å². The van der Waals surface area contributed by atoms with Gasteiger partial charge in [0.2, 0.25) is 11.8 Å². The summed E-state index contributed by atoms with van der Waals surface area (Å²) < 4.78 is 14.0. The Balaban J connectivity index is 2.09. The lowest BCUT2D eigenvalue weighted by atomic mass is 10.1. The van der Waals surface area contributed by atoms with Gasteiger partial charge in [0.1, 0.15) is 11.9 Å². The van der Waals surface area contributed by atoms with Crippen LogP contribution in [0.3, 0.4) is 0 Å². The van der Waals surface area contributed by atoms with E-state index in [2.05, 4.69) is 5.32 Å². The maximum absolute atomic E-state index is 14.0. The Labute approximate surface area is 187 Å². The van der Waals surface area contributed by atoms with Crippen molar-refractivity contribution in [1.29, 1.82) is 0 Å². The van der Waals surface area contributed by atoms with E-state index in [1.54, 1.807) is 24.0 Å². The molecule has 4 nitrogen and oxygen atoms in total. The zero-order valence-corrected chi connectivity index (χ0v) is 19.2. The molecule has 2 amide bonds. The fourth-order valence-electron chi connectivity index (χ4n) is 2.98. The highest BCUT2D eigenvalue weighted by Gasteiger charge is 2.26. The molecule has 0 bridgehead atoms. The number of carbonyl (C=O) groups excluding carboxylic acids is 2. The van der Waals surface area contributed by atoms with Crippen LogP contribution in [0.15, 0.2) is 42.5 Å². The number of carbonyl (C=O) groups is 2. The van der Waals surface area contributed by atoms with E-state index in [4.69, 9.17) is 11.6 Å². The van der Waals surface area contributed by atoms with E-state index in [-0.39, 0.29) is 29.1 Å². The molecule has 0 aromatic heterocycles. The molecule has 0 radical (unpaired) electrons. The Morgan fingerprint density at radius 2 is 1.97 bits per heavy atom. The second-order valence-electron chi connectivity index (χ2n) is 7.17. The van der Waals surface area contributed by atoms with Crippen molar-refractivity contribution in [3.05, 3.63) is 70.0 Å². The summed E-state index contributed by atoms with van der Waals surface area (Å²) >= 11 is 7.35. The molecule has 30 heavy (non-hydrogen) atoms. The van der Waals surface area contributed by atoms with E-state index < -0.39 is 6.04 Å². The fraction of sp³-hybridized carbons (Fsp3) is 0.391. The standard InChI is InChI=1S/C23H28ClFN2O2S/c1-4-11-26-23(29)17(3)27(13-18-8-5-7-16(2)12-18)22(28)15-30-14-19-20(24)9-6-10-21(19)25/h5-10,12,17H,4,11,13-15H2,1-3H3,(H,26,29)/t17-/m1/s1. The summed E-state index contributed by atoms with van der Waals surface area (Å²) in [4.78, 5) is 27.1. The first-order valence-electron chi connectivity index (χ1n) is 9.96. The van der Waals surface area contributed by atoms with Crippen LogP contribution in [0.1, 0.15) is 37.0 Å². The van der Waals surface area contributed by atoms with Gasteiger partial charge >= 0.3 is 0 Å². The van der Waals surface area contributed by atoms with Crippen LogP contribution in [0.2, 0.25) is 5.02 Å². The van der Waals surface area contributed by atoms with E-state index in [9.17, 15) is 14.0 Å². The smallest absolute Gasteiger partial charge is 0.242 e. The zero-order chi connectivity index (χ0) is 22.1. The maximum Gasteiger partial charge on any atom is 0.242 e. The molecule has 1 atom stereocenters. The Morgan fingerprint density at radius 1 is 1.23 bits per heavy atom. The summed E-state index contributed by atoms with van der Waals surface area (Å²) in [5, 5.41) is 3.20. The highest BCUT2D eigenvalue weighted by atomic mass is 35.5. The number of rotatable bonds is 10. The van der Waals surface area contributed by atoms with Crippen LogP contribution >= 0.6 is 23.4 Å². The van der Waals surface area contributed by atoms with Gasteiger partial charge in [-0.25, -0.2) is 4.39 Å². The minimum absolute atomic E-state index is 0.127. The van der Waals surface area contributed by atoms with Gasteiger partial charge in [-0.15, -0.1) is 11.8 Å². The van der Waals surface area contributed by atoms with Crippen molar-refractivity contribution in [2.75, 3.05) is 12.3 Å². The number of hydrogen-bond acceptors (Lipinski definition) is 3. The largest absolute Gasteiger partial charge is 0.354 e. The van der Waals surface area contributed by atoms with E-state index in [1.165, 1.54) is 17.8 Å². The van der Waals surface area contributed by atoms with Crippen molar-refractivity contribution < 1.29 is 14.0 Å². The van der Waals surface area contributed by atoms with Crippen molar-refractivity contribution in [3.8, 4) is 0 Å². The quantitative estimate of drug-likeness (QED) is 0.556. The van der Waals surface area contributed by atoms with Gasteiger partial charge in [0.15, 0.2) is 0 Å². The molecule has 0 aliphatic heterocycles. The maximum atomic E-state index is 14.0. The molecule has 2 rings (SSSR count). The van der Waals surface area contributed by atoms with Crippen LogP contribution in [0, 0.1) is 12.7 Å². The molecule has 0 fully saturated rings. The van der Waals surface area contributed by atoms with E-state index in [0.717, 1.165) is 17.5 Å². The molecule has 0 saturated carbocycles. The number of nitrogens with zero attached hydrogens (tertiary/aromatic N) is 1. The van der Waals surface area contributed by atoms with Gasteiger partial charge in [0, 0.05) is 29.4 Å². The average Bonchev–Trinajstić information content (AvgIpc) is 2.71. The van der Waals surface area contributed by atoms with Crippen LogP contribution in [0.5, 0.6) is 0 Å². The fourth-order valence-corrected chi connectivity index (χ4v) is 4.23. The number of amides is 2. The van der Waals surface area contributed by atoms with Crippen LogP contribution in [-0.2, 0) is 21.9 Å². The van der Waals surface area contributed by atoms with Crippen molar-refractivity contribution in [1.82, 2.24) is 10.2 Å². The van der Waals surface area contributed by atoms with Gasteiger partial charge in [-0.2, -0.15) is 0 Å². The van der Waals surface area contributed by atoms with E-state index in [0.29, 0.717) is 23.7 Å². The number of thioether (sulfide) groups is 1. The lowest BCUT2D eigenvalue weighted by molar-refractivity contribution is -0.138. The summed E-state index contributed by atoms with van der Waals surface area (Å²) in [7, 11) is 0. The summed E-state index contributed by atoms with van der Waals surface area (Å²) in [6.07, 6.45) is 0.823. The Hall–Kier alpha value is -2.05. The van der Waals surface area contributed by atoms with Gasteiger partial charge in [0.25, 0.3) is 0 Å². The average molecular weight is 451 g/mol. The van der Waals surface area contributed by atoms with Crippen LogP contribution in [0.4, 0.5) is 4.39 Å². The van der Waals surface area contributed by atoms with Gasteiger partial charge in [0.05, 0.1) is 5.75 Å². The first-order valence-corrected chi connectivity index (χ1v) is 11.5. The number of aryl methyl sites for hydroxylation is 1. The Bertz CT molecular complexity index is 858. The minimum Gasteiger partial charge on any atom is -0.354 e. The molecule has 0 heterocycles.